The van der Waals surface area contributed by atoms with Crippen molar-refractivity contribution in [3.63, 3.8) is 0 Å². The lowest BCUT2D eigenvalue weighted by molar-refractivity contribution is -0.167. The average molecular weight is 1110 g/mol. The van der Waals surface area contributed by atoms with Crippen LogP contribution in [0.15, 0.2) is 60.8 Å². The summed E-state index contributed by atoms with van der Waals surface area (Å²) in [5.74, 6) is -0.930. The molecule has 0 aliphatic rings. The van der Waals surface area contributed by atoms with Crippen LogP contribution in [0.1, 0.15) is 367 Å². The third kappa shape index (κ3) is 65.8. The maximum atomic E-state index is 12.9. The minimum atomic E-state index is -0.802. The Morgan fingerprint density at radius 2 is 0.494 bits per heavy atom. The molecule has 0 radical (unpaired) electrons. The molecule has 0 rings (SSSR count). The number of allylic oxidation sites excluding steroid dienone is 10. The molecule has 1 atom stereocenters. The van der Waals surface area contributed by atoms with Crippen molar-refractivity contribution in [3.05, 3.63) is 60.8 Å². The number of carbonyl (C=O) groups excluding carboxylic acids is 3. The average Bonchev–Trinajstić information content (AvgIpc) is 3.45. The van der Waals surface area contributed by atoms with Gasteiger partial charge in [0, 0.05) is 19.3 Å². The SMILES string of the molecule is CC/C=C\C/C=C\C/C=C\C/C=C\C/C=C\CCCC(=O)OC(COC(=O)CCCCCCCCCCCCCCC)COC(=O)CCCCCCCCCCCCCCCCCCCCCCCCCCCCCCCCC. The summed E-state index contributed by atoms with van der Waals surface area (Å²) in [5, 5.41) is 0. The summed E-state index contributed by atoms with van der Waals surface area (Å²) in [4.78, 5) is 38.3. The summed E-state index contributed by atoms with van der Waals surface area (Å²) in [6, 6.07) is 0. The summed E-state index contributed by atoms with van der Waals surface area (Å²) in [6.07, 6.45) is 87.0. The van der Waals surface area contributed by atoms with E-state index in [-0.39, 0.29) is 37.5 Å². The highest BCUT2D eigenvalue weighted by Gasteiger charge is 2.19. The third-order valence-corrected chi connectivity index (χ3v) is 15.5. The van der Waals surface area contributed by atoms with Gasteiger partial charge in [0.2, 0.25) is 0 Å². The fourth-order valence-electron chi connectivity index (χ4n) is 10.4. The highest BCUT2D eigenvalue weighted by Crippen LogP contribution is 2.18. The second-order valence-corrected chi connectivity index (χ2v) is 23.4. The quantitative estimate of drug-likeness (QED) is 0.0261. The molecule has 0 aromatic carbocycles. The maximum absolute atomic E-state index is 12.9. The third-order valence-electron chi connectivity index (χ3n) is 15.5. The first kappa shape index (κ1) is 76.1. The van der Waals surface area contributed by atoms with Crippen molar-refractivity contribution in [1.29, 1.82) is 0 Å². The Hall–Kier alpha value is -2.89. The molecule has 1 unspecified atom stereocenters. The van der Waals surface area contributed by atoms with Crippen molar-refractivity contribution >= 4 is 17.9 Å². The van der Waals surface area contributed by atoms with Crippen LogP contribution in [0.2, 0.25) is 0 Å². The fourth-order valence-corrected chi connectivity index (χ4v) is 10.4. The first-order valence-corrected chi connectivity index (χ1v) is 34.8. The molecule has 0 bridgehead atoms. The van der Waals surface area contributed by atoms with Gasteiger partial charge < -0.3 is 14.2 Å². The van der Waals surface area contributed by atoms with Crippen LogP contribution in [0, 0.1) is 0 Å². The topological polar surface area (TPSA) is 78.9 Å². The van der Waals surface area contributed by atoms with E-state index in [9.17, 15) is 14.4 Å². The van der Waals surface area contributed by atoms with Gasteiger partial charge in [-0.1, -0.05) is 351 Å². The van der Waals surface area contributed by atoms with E-state index in [4.69, 9.17) is 14.2 Å². The molecule has 6 nitrogen and oxygen atoms in total. The molecule has 0 heterocycles. The maximum Gasteiger partial charge on any atom is 0.306 e. The molecule has 0 aromatic rings. The number of hydrogen-bond acceptors (Lipinski definition) is 6. The minimum Gasteiger partial charge on any atom is -0.462 e. The van der Waals surface area contributed by atoms with Gasteiger partial charge in [0.1, 0.15) is 13.2 Å². The van der Waals surface area contributed by atoms with Gasteiger partial charge >= 0.3 is 17.9 Å². The van der Waals surface area contributed by atoms with Gasteiger partial charge in [-0.25, -0.2) is 0 Å². The van der Waals surface area contributed by atoms with E-state index >= 15 is 0 Å². The predicted octanol–water partition coefficient (Wildman–Crippen LogP) is 23.9. The van der Waals surface area contributed by atoms with Crippen molar-refractivity contribution in [1.82, 2.24) is 0 Å². The second kappa shape index (κ2) is 67.6. The minimum absolute atomic E-state index is 0.0923. The van der Waals surface area contributed by atoms with Gasteiger partial charge in [0.25, 0.3) is 0 Å². The van der Waals surface area contributed by atoms with E-state index in [0.717, 1.165) is 77.0 Å². The van der Waals surface area contributed by atoms with E-state index in [0.29, 0.717) is 19.3 Å². The van der Waals surface area contributed by atoms with E-state index in [1.54, 1.807) is 0 Å². The number of hydrogen-bond donors (Lipinski definition) is 0. The summed E-state index contributed by atoms with van der Waals surface area (Å²) >= 11 is 0. The Bertz CT molecular complexity index is 1410. The lowest BCUT2D eigenvalue weighted by Crippen LogP contribution is -2.30. The number of rotatable bonds is 64. The molecule has 0 spiro atoms. The van der Waals surface area contributed by atoms with Crippen molar-refractivity contribution < 1.29 is 28.6 Å². The van der Waals surface area contributed by atoms with Crippen molar-refractivity contribution in [3.8, 4) is 0 Å². The van der Waals surface area contributed by atoms with Gasteiger partial charge in [-0.3, -0.25) is 14.4 Å². The molecule has 0 saturated carbocycles. The number of esters is 3. The summed E-state index contributed by atoms with van der Waals surface area (Å²) < 4.78 is 16.9. The Labute approximate surface area is 491 Å². The van der Waals surface area contributed by atoms with Gasteiger partial charge in [0.15, 0.2) is 6.10 Å². The van der Waals surface area contributed by atoms with Crippen molar-refractivity contribution in [2.45, 2.75) is 374 Å². The van der Waals surface area contributed by atoms with E-state index in [1.807, 2.05) is 0 Å². The van der Waals surface area contributed by atoms with Crippen LogP contribution in [0.4, 0.5) is 0 Å². The molecule has 0 aromatic heterocycles. The highest BCUT2D eigenvalue weighted by molar-refractivity contribution is 5.71. The first-order chi connectivity index (χ1) is 39.0. The molecule has 460 valence electrons. The van der Waals surface area contributed by atoms with E-state index < -0.39 is 6.10 Å². The van der Waals surface area contributed by atoms with Gasteiger partial charge in [-0.15, -0.1) is 0 Å². The Kier molecular flexibility index (Phi) is 65.1. The van der Waals surface area contributed by atoms with Gasteiger partial charge in [-0.05, 0) is 57.8 Å². The summed E-state index contributed by atoms with van der Waals surface area (Å²) in [7, 11) is 0. The molecular formula is C73H132O6. The molecular weight excluding hydrogens is 973 g/mol. The predicted molar refractivity (Wildman–Crippen MR) is 344 cm³/mol. The van der Waals surface area contributed by atoms with Crippen molar-refractivity contribution in [2.24, 2.45) is 0 Å². The van der Waals surface area contributed by atoms with Crippen LogP contribution >= 0.6 is 0 Å². The second-order valence-electron chi connectivity index (χ2n) is 23.4. The lowest BCUT2D eigenvalue weighted by atomic mass is 10.0. The molecule has 0 aliphatic carbocycles. The van der Waals surface area contributed by atoms with Crippen LogP contribution in [0.5, 0.6) is 0 Å². The lowest BCUT2D eigenvalue weighted by Gasteiger charge is -2.18. The molecule has 0 saturated heterocycles. The number of carbonyl (C=O) groups is 3. The molecule has 0 N–H and O–H groups in total. The number of ether oxygens (including phenoxy) is 3. The molecule has 0 amide bonds. The zero-order valence-corrected chi connectivity index (χ0v) is 52.9. The number of unbranched alkanes of at least 4 members (excludes halogenated alkanes) is 43. The normalized spacial score (nSPS) is 12.4. The summed E-state index contributed by atoms with van der Waals surface area (Å²) in [6.45, 7) is 6.54. The summed E-state index contributed by atoms with van der Waals surface area (Å²) in [5.41, 5.74) is 0. The zero-order chi connectivity index (χ0) is 57.1. The smallest absolute Gasteiger partial charge is 0.306 e. The van der Waals surface area contributed by atoms with Crippen LogP contribution in [0.25, 0.3) is 0 Å². The fraction of sp³-hybridized carbons (Fsp3) is 0.822. The molecule has 79 heavy (non-hydrogen) atoms. The zero-order valence-electron chi connectivity index (χ0n) is 52.9. The molecule has 6 heteroatoms. The largest absolute Gasteiger partial charge is 0.462 e. The highest BCUT2D eigenvalue weighted by atomic mass is 16.6. The van der Waals surface area contributed by atoms with Crippen LogP contribution in [0.3, 0.4) is 0 Å². The van der Waals surface area contributed by atoms with Crippen LogP contribution in [-0.4, -0.2) is 37.2 Å². The monoisotopic (exact) mass is 1110 g/mol. The standard InChI is InChI=1S/C73H132O6/c1-4-7-10-13-16-19-22-25-27-29-30-31-32-33-34-35-36-37-38-39-40-41-42-44-45-48-51-54-57-60-63-66-72(75)78-69-70(68-77-71(74)65-62-59-56-53-50-47-24-21-18-15-12-9-6-3)79-73(76)67-64-61-58-55-52-49-46-43-28-26-23-20-17-14-11-8-5-2/h8,11,17,20,26,28,46,49,55,58,70H,4-7,9-10,12-16,18-19,21-25,27,29-45,47-48,50-54,56-57,59-69H2,1-3H3/b11-8-,20-17-,28-26-,49-46-,58-55-. The Balaban J connectivity index is 4.18. The molecule has 0 aliphatic heterocycles. The Morgan fingerprint density at radius 1 is 0.266 bits per heavy atom. The van der Waals surface area contributed by atoms with Crippen LogP contribution in [-0.2, 0) is 28.6 Å². The molecule has 0 fully saturated rings. The van der Waals surface area contributed by atoms with E-state index in [1.165, 1.54) is 244 Å². The first-order valence-electron chi connectivity index (χ1n) is 34.8. The van der Waals surface area contributed by atoms with Gasteiger partial charge in [0.05, 0.1) is 0 Å². The van der Waals surface area contributed by atoms with Gasteiger partial charge in [-0.2, -0.15) is 0 Å². The Morgan fingerprint density at radius 3 is 0.759 bits per heavy atom. The van der Waals surface area contributed by atoms with Crippen LogP contribution < -0.4 is 0 Å². The van der Waals surface area contributed by atoms with E-state index in [2.05, 4.69) is 81.5 Å². The van der Waals surface area contributed by atoms with Crippen molar-refractivity contribution in [2.75, 3.05) is 13.2 Å².